The molecule has 1 saturated heterocycles. The highest BCUT2D eigenvalue weighted by atomic mass is 16.5. The summed E-state index contributed by atoms with van der Waals surface area (Å²) < 4.78 is 5.18. The van der Waals surface area contributed by atoms with Gasteiger partial charge in [-0.2, -0.15) is 0 Å². The van der Waals surface area contributed by atoms with Crippen LogP contribution in [0.2, 0.25) is 0 Å². The minimum absolute atomic E-state index is 0.0378. The fraction of sp³-hybridized carbons (Fsp3) is 0.375. The molecule has 0 bridgehead atoms. The highest BCUT2D eigenvalue weighted by molar-refractivity contribution is 5.79. The largest absolute Gasteiger partial charge is 0.497 e. The van der Waals surface area contributed by atoms with E-state index in [0.29, 0.717) is 12.6 Å². The third kappa shape index (κ3) is 5.23. The molecule has 0 radical (unpaired) electrons. The van der Waals surface area contributed by atoms with Gasteiger partial charge in [-0.3, -0.25) is 9.69 Å². The first-order valence-electron chi connectivity index (χ1n) is 10.0. The van der Waals surface area contributed by atoms with Crippen LogP contribution < -0.4 is 10.1 Å². The first-order chi connectivity index (χ1) is 13.7. The predicted molar refractivity (Wildman–Crippen MR) is 113 cm³/mol. The highest BCUT2D eigenvalue weighted by Gasteiger charge is 2.31. The summed E-state index contributed by atoms with van der Waals surface area (Å²) in [6.45, 7) is 6.13. The van der Waals surface area contributed by atoms with Crippen molar-refractivity contribution in [2.24, 2.45) is 5.92 Å². The molecule has 28 heavy (non-hydrogen) atoms. The Bertz CT molecular complexity index is 758. The predicted octanol–water partition coefficient (Wildman–Crippen LogP) is 3.99. The van der Waals surface area contributed by atoms with Crippen LogP contribution in [0.15, 0.2) is 67.3 Å². The number of nitrogens with one attached hydrogen (secondary N) is 1. The van der Waals surface area contributed by atoms with Crippen LogP contribution in [0.1, 0.15) is 30.0 Å². The Labute approximate surface area is 168 Å². The van der Waals surface area contributed by atoms with Crippen molar-refractivity contribution in [3.8, 4) is 5.75 Å². The number of carbonyl (C=O) groups excluding carboxylic acids is 1. The van der Waals surface area contributed by atoms with Crippen molar-refractivity contribution < 1.29 is 9.53 Å². The van der Waals surface area contributed by atoms with E-state index < -0.39 is 0 Å². The summed E-state index contributed by atoms with van der Waals surface area (Å²) in [7, 11) is 1.66. The number of nitrogens with zero attached hydrogens (tertiary/aromatic N) is 1. The number of methoxy groups -OCH3 is 1. The number of amides is 1. The van der Waals surface area contributed by atoms with Crippen LogP contribution in [0.5, 0.6) is 5.75 Å². The topological polar surface area (TPSA) is 41.6 Å². The monoisotopic (exact) mass is 378 g/mol. The van der Waals surface area contributed by atoms with E-state index in [0.717, 1.165) is 38.1 Å². The molecule has 0 unspecified atom stereocenters. The normalized spacial score (nSPS) is 19.8. The second kappa shape index (κ2) is 10.1. The van der Waals surface area contributed by atoms with E-state index in [9.17, 15) is 4.79 Å². The van der Waals surface area contributed by atoms with Gasteiger partial charge in [0.05, 0.1) is 13.0 Å². The lowest BCUT2D eigenvalue weighted by molar-refractivity contribution is -0.127. The minimum atomic E-state index is 0.0378. The van der Waals surface area contributed by atoms with Crippen molar-refractivity contribution in [1.82, 2.24) is 10.2 Å². The molecule has 1 heterocycles. The van der Waals surface area contributed by atoms with Crippen molar-refractivity contribution in [3.63, 3.8) is 0 Å². The number of hydrogen-bond donors (Lipinski definition) is 1. The average molecular weight is 379 g/mol. The number of ether oxygens (including phenoxy) is 1. The molecule has 0 aliphatic carbocycles. The molecule has 0 spiro atoms. The Morgan fingerprint density at radius 2 is 1.93 bits per heavy atom. The fourth-order valence-corrected chi connectivity index (χ4v) is 3.94. The van der Waals surface area contributed by atoms with Crippen LogP contribution in [0.3, 0.4) is 0 Å². The Morgan fingerprint density at radius 3 is 2.61 bits per heavy atom. The van der Waals surface area contributed by atoms with Crippen molar-refractivity contribution in [3.05, 3.63) is 78.4 Å². The minimum Gasteiger partial charge on any atom is -0.497 e. The van der Waals surface area contributed by atoms with Gasteiger partial charge in [0.25, 0.3) is 0 Å². The lowest BCUT2D eigenvalue weighted by atomic mass is 9.88. The van der Waals surface area contributed by atoms with Gasteiger partial charge in [0.1, 0.15) is 5.75 Å². The molecule has 1 amide bonds. The maximum absolute atomic E-state index is 12.7. The van der Waals surface area contributed by atoms with E-state index in [4.69, 9.17) is 4.74 Å². The average Bonchev–Trinajstić information content (AvgIpc) is 2.75. The van der Waals surface area contributed by atoms with E-state index in [2.05, 4.69) is 41.1 Å². The first-order valence-corrected chi connectivity index (χ1v) is 10.0. The van der Waals surface area contributed by atoms with Crippen LogP contribution in [0, 0.1) is 5.92 Å². The molecule has 0 saturated carbocycles. The van der Waals surface area contributed by atoms with Gasteiger partial charge >= 0.3 is 0 Å². The van der Waals surface area contributed by atoms with Gasteiger partial charge in [-0.1, -0.05) is 48.5 Å². The van der Waals surface area contributed by atoms with Gasteiger partial charge in [0.15, 0.2) is 0 Å². The number of hydrogen-bond acceptors (Lipinski definition) is 3. The number of benzene rings is 2. The van der Waals surface area contributed by atoms with Gasteiger partial charge in [-0.15, -0.1) is 6.58 Å². The third-order valence-electron chi connectivity index (χ3n) is 5.47. The molecule has 1 aliphatic heterocycles. The SMILES string of the molecule is C=CCN1C[C@@H](C(=O)NCCc2ccc(OC)cc2)CC[C@@H]1c1ccccc1. The molecular formula is C24H30N2O2. The molecule has 2 aromatic rings. The molecule has 1 fully saturated rings. The summed E-state index contributed by atoms with van der Waals surface area (Å²) in [5.41, 5.74) is 2.52. The molecular weight excluding hydrogens is 348 g/mol. The van der Waals surface area contributed by atoms with E-state index in [1.807, 2.05) is 36.4 Å². The van der Waals surface area contributed by atoms with Gasteiger partial charge in [0, 0.05) is 25.7 Å². The van der Waals surface area contributed by atoms with E-state index in [1.54, 1.807) is 7.11 Å². The first kappa shape index (κ1) is 20.2. The zero-order valence-electron chi connectivity index (χ0n) is 16.6. The van der Waals surface area contributed by atoms with Crippen molar-refractivity contribution in [2.45, 2.75) is 25.3 Å². The molecule has 2 aromatic carbocycles. The summed E-state index contributed by atoms with van der Waals surface area (Å²) in [6, 6.07) is 18.9. The maximum atomic E-state index is 12.7. The van der Waals surface area contributed by atoms with Crippen LogP contribution in [0.25, 0.3) is 0 Å². The number of carbonyl (C=O) groups is 1. The molecule has 148 valence electrons. The quantitative estimate of drug-likeness (QED) is 0.706. The zero-order valence-corrected chi connectivity index (χ0v) is 16.6. The Balaban J connectivity index is 1.52. The number of piperidine rings is 1. The Kier molecular flexibility index (Phi) is 7.26. The number of likely N-dealkylation sites (tertiary alicyclic amines) is 1. The van der Waals surface area contributed by atoms with Crippen LogP contribution in [0.4, 0.5) is 0 Å². The Hall–Kier alpha value is -2.59. The van der Waals surface area contributed by atoms with Crippen molar-refractivity contribution in [2.75, 3.05) is 26.7 Å². The van der Waals surface area contributed by atoms with E-state index in [-0.39, 0.29) is 11.8 Å². The Morgan fingerprint density at radius 1 is 1.18 bits per heavy atom. The maximum Gasteiger partial charge on any atom is 0.224 e. The van der Waals surface area contributed by atoms with E-state index >= 15 is 0 Å². The lowest BCUT2D eigenvalue weighted by Crippen LogP contribution is -2.44. The van der Waals surface area contributed by atoms with E-state index in [1.165, 1.54) is 11.1 Å². The molecule has 0 aromatic heterocycles. The third-order valence-corrected chi connectivity index (χ3v) is 5.47. The second-order valence-corrected chi connectivity index (χ2v) is 7.33. The molecule has 1 N–H and O–H groups in total. The van der Waals surface area contributed by atoms with Crippen molar-refractivity contribution >= 4 is 5.91 Å². The summed E-state index contributed by atoms with van der Waals surface area (Å²) in [5, 5.41) is 3.12. The van der Waals surface area contributed by atoms with Crippen molar-refractivity contribution in [1.29, 1.82) is 0 Å². The highest BCUT2D eigenvalue weighted by Crippen LogP contribution is 2.33. The summed E-state index contributed by atoms with van der Waals surface area (Å²) in [6.07, 6.45) is 4.67. The van der Waals surface area contributed by atoms with Gasteiger partial charge in [-0.25, -0.2) is 0 Å². The molecule has 1 aliphatic rings. The van der Waals surface area contributed by atoms with Gasteiger partial charge in [0.2, 0.25) is 5.91 Å². The smallest absolute Gasteiger partial charge is 0.224 e. The molecule has 4 nitrogen and oxygen atoms in total. The van der Waals surface area contributed by atoms with Gasteiger partial charge < -0.3 is 10.1 Å². The van der Waals surface area contributed by atoms with Gasteiger partial charge in [-0.05, 0) is 42.5 Å². The molecule has 4 heteroatoms. The molecule has 3 rings (SSSR count). The standard InChI is InChI=1S/C24H30N2O2/c1-3-17-26-18-21(11-14-23(26)20-7-5-4-6-8-20)24(27)25-16-15-19-9-12-22(28-2)13-10-19/h3-10,12-13,21,23H,1,11,14-18H2,2H3,(H,25,27)/t21-,23+/m0/s1. The van der Waals surface area contributed by atoms with Crippen LogP contribution in [-0.2, 0) is 11.2 Å². The van der Waals surface area contributed by atoms with Crippen LogP contribution >= 0.6 is 0 Å². The lowest BCUT2D eigenvalue weighted by Gasteiger charge is -2.39. The summed E-state index contributed by atoms with van der Waals surface area (Å²) >= 11 is 0. The summed E-state index contributed by atoms with van der Waals surface area (Å²) in [5.74, 6) is 1.05. The number of rotatable bonds is 8. The fourth-order valence-electron chi connectivity index (χ4n) is 3.94. The second-order valence-electron chi connectivity index (χ2n) is 7.33. The summed E-state index contributed by atoms with van der Waals surface area (Å²) in [4.78, 5) is 15.1. The zero-order chi connectivity index (χ0) is 19.8. The van der Waals surface area contributed by atoms with Crippen LogP contribution in [-0.4, -0.2) is 37.6 Å². The molecule has 2 atom stereocenters.